The molecular formula is C18H23BrN2O3. The van der Waals surface area contributed by atoms with Gasteiger partial charge >= 0.3 is 0 Å². The summed E-state index contributed by atoms with van der Waals surface area (Å²) in [5.74, 6) is 0.796. The van der Waals surface area contributed by atoms with Gasteiger partial charge in [0.25, 0.3) is 0 Å². The lowest BCUT2D eigenvalue weighted by Crippen LogP contribution is -2.41. The molecule has 5 nitrogen and oxygen atoms in total. The summed E-state index contributed by atoms with van der Waals surface area (Å²) < 4.78 is 6.37. The highest BCUT2D eigenvalue weighted by Crippen LogP contribution is 2.46. The average molecular weight is 395 g/mol. The summed E-state index contributed by atoms with van der Waals surface area (Å²) in [6, 6.07) is 5.84. The number of nitrogens with zero attached hydrogens (tertiary/aromatic N) is 2. The highest BCUT2D eigenvalue weighted by molar-refractivity contribution is 9.10. The first-order valence-corrected chi connectivity index (χ1v) is 9.10. The van der Waals surface area contributed by atoms with E-state index >= 15 is 0 Å². The molecule has 1 heterocycles. The van der Waals surface area contributed by atoms with Gasteiger partial charge in [0.05, 0.1) is 19.2 Å². The van der Waals surface area contributed by atoms with Crippen LogP contribution < -0.4 is 4.74 Å². The number of hydrogen-bond acceptors (Lipinski definition) is 4. The van der Waals surface area contributed by atoms with Crippen LogP contribution >= 0.6 is 15.9 Å². The van der Waals surface area contributed by atoms with E-state index in [1.165, 1.54) is 4.90 Å². The molecule has 0 unspecified atom stereocenters. The molecule has 6 heteroatoms. The molecule has 1 saturated heterocycles. The Bertz CT molecular complexity index is 656. The minimum absolute atomic E-state index is 0.0260. The standard InChI is InChI=1S/C18H23BrN2O3/c1-20(11-13-9-14(19)5-6-15(13)24-2)12-21-16(22)10-18(17(21)23)7-3-4-8-18/h5-6,9H,3-4,7-8,10-12H2,1-2H3. The minimum Gasteiger partial charge on any atom is -0.496 e. The summed E-state index contributed by atoms with van der Waals surface area (Å²) in [6.45, 7) is 0.932. The van der Waals surface area contributed by atoms with Gasteiger partial charge in [-0.1, -0.05) is 28.8 Å². The number of amides is 2. The second-order valence-electron chi connectivity index (χ2n) is 6.90. The van der Waals surface area contributed by atoms with E-state index in [0.717, 1.165) is 41.5 Å². The van der Waals surface area contributed by atoms with Crippen LogP contribution in [0.2, 0.25) is 0 Å². The second-order valence-corrected chi connectivity index (χ2v) is 7.82. The van der Waals surface area contributed by atoms with Crippen molar-refractivity contribution >= 4 is 27.7 Å². The maximum atomic E-state index is 12.8. The molecule has 2 fully saturated rings. The summed E-state index contributed by atoms with van der Waals surface area (Å²) in [6.07, 6.45) is 4.21. The Kier molecular flexibility index (Phi) is 4.97. The zero-order chi connectivity index (χ0) is 17.3. The van der Waals surface area contributed by atoms with Gasteiger partial charge < -0.3 is 4.74 Å². The Hall–Kier alpha value is -1.40. The predicted molar refractivity (Wildman–Crippen MR) is 94.4 cm³/mol. The summed E-state index contributed by atoms with van der Waals surface area (Å²) in [5.41, 5.74) is 0.620. The van der Waals surface area contributed by atoms with Crippen LogP contribution in [-0.2, 0) is 16.1 Å². The molecule has 0 radical (unpaired) electrons. The van der Waals surface area contributed by atoms with Crippen molar-refractivity contribution in [2.75, 3.05) is 20.8 Å². The van der Waals surface area contributed by atoms with Crippen molar-refractivity contribution in [2.24, 2.45) is 5.41 Å². The fourth-order valence-electron chi connectivity index (χ4n) is 3.90. The van der Waals surface area contributed by atoms with Crippen molar-refractivity contribution in [3.63, 3.8) is 0 Å². The van der Waals surface area contributed by atoms with Crippen LogP contribution in [0.3, 0.4) is 0 Å². The van der Waals surface area contributed by atoms with Gasteiger partial charge in [-0.15, -0.1) is 0 Å². The van der Waals surface area contributed by atoms with Gasteiger partial charge in [-0.25, -0.2) is 0 Å². The number of benzene rings is 1. The zero-order valence-electron chi connectivity index (χ0n) is 14.2. The number of halogens is 1. The number of carbonyl (C=O) groups is 2. The van der Waals surface area contributed by atoms with Crippen LogP contribution in [0.4, 0.5) is 0 Å². The van der Waals surface area contributed by atoms with Gasteiger partial charge in [0.15, 0.2) is 0 Å². The summed E-state index contributed by atoms with van der Waals surface area (Å²) in [4.78, 5) is 28.5. The number of likely N-dealkylation sites (tertiary alicyclic amines) is 1. The molecule has 0 N–H and O–H groups in total. The van der Waals surface area contributed by atoms with Crippen molar-refractivity contribution < 1.29 is 14.3 Å². The van der Waals surface area contributed by atoms with Gasteiger partial charge in [0, 0.05) is 23.0 Å². The lowest BCUT2D eigenvalue weighted by molar-refractivity contribution is -0.143. The molecule has 3 rings (SSSR count). The molecule has 1 spiro atoms. The highest BCUT2D eigenvalue weighted by atomic mass is 79.9. The number of hydrogen-bond donors (Lipinski definition) is 0. The maximum absolute atomic E-state index is 12.8. The maximum Gasteiger partial charge on any atom is 0.237 e. The third kappa shape index (κ3) is 3.22. The van der Waals surface area contributed by atoms with Crippen molar-refractivity contribution in [2.45, 2.75) is 38.6 Å². The Balaban J connectivity index is 1.69. The number of imide groups is 1. The van der Waals surface area contributed by atoms with E-state index < -0.39 is 5.41 Å². The van der Waals surface area contributed by atoms with Crippen LogP contribution in [0.25, 0.3) is 0 Å². The topological polar surface area (TPSA) is 49.9 Å². The second kappa shape index (κ2) is 6.84. The van der Waals surface area contributed by atoms with Gasteiger partial charge in [-0.3, -0.25) is 19.4 Å². The van der Waals surface area contributed by atoms with Crippen molar-refractivity contribution in [1.29, 1.82) is 0 Å². The fraction of sp³-hybridized carbons (Fsp3) is 0.556. The Morgan fingerprint density at radius 1 is 1.29 bits per heavy atom. The molecule has 1 aromatic rings. The molecule has 0 atom stereocenters. The molecule has 1 aliphatic carbocycles. The lowest BCUT2D eigenvalue weighted by Gasteiger charge is -2.26. The first-order chi connectivity index (χ1) is 11.4. The van der Waals surface area contributed by atoms with Crippen molar-refractivity contribution in [3.05, 3.63) is 28.2 Å². The third-order valence-electron chi connectivity index (χ3n) is 5.12. The van der Waals surface area contributed by atoms with E-state index in [2.05, 4.69) is 15.9 Å². The molecule has 24 heavy (non-hydrogen) atoms. The molecule has 2 amide bonds. The monoisotopic (exact) mass is 394 g/mol. The van der Waals surface area contributed by atoms with Gasteiger partial charge in [0.1, 0.15) is 5.75 Å². The Morgan fingerprint density at radius 3 is 2.67 bits per heavy atom. The molecule has 2 aliphatic rings. The quantitative estimate of drug-likeness (QED) is 0.719. The average Bonchev–Trinajstić information content (AvgIpc) is 3.09. The van der Waals surface area contributed by atoms with Crippen molar-refractivity contribution in [3.8, 4) is 5.75 Å². The van der Waals surface area contributed by atoms with E-state index in [0.29, 0.717) is 19.6 Å². The SMILES string of the molecule is COc1ccc(Br)cc1CN(C)CN1C(=O)CC2(CCCC2)C1=O. The zero-order valence-corrected chi connectivity index (χ0v) is 15.8. The van der Waals surface area contributed by atoms with Crippen LogP contribution in [-0.4, -0.2) is 42.4 Å². The molecular weight excluding hydrogens is 372 g/mol. The highest BCUT2D eigenvalue weighted by Gasteiger charge is 2.52. The Labute approximate surface area is 151 Å². The first-order valence-electron chi connectivity index (χ1n) is 8.31. The third-order valence-corrected chi connectivity index (χ3v) is 5.61. The van der Waals surface area contributed by atoms with Crippen LogP contribution in [0, 0.1) is 5.41 Å². The molecule has 130 valence electrons. The summed E-state index contributed by atoms with van der Waals surface area (Å²) in [5, 5.41) is 0. The summed E-state index contributed by atoms with van der Waals surface area (Å²) in [7, 11) is 3.56. The molecule has 0 aromatic heterocycles. The van der Waals surface area contributed by atoms with Gasteiger partial charge in [-0.05, 0) is 38.1 Å². The smallest absolute Gasteiger partial charge is 0.237 e. The van der Waals surface area contributed by atoms with Crippen LogP contribution in [0.1, 0.15) is 37.7 Å². The van der Waals surface area contributed by atoms with Crippen LogP contribution in [0.15, 0.2) is 22.7 Å². The van der Waals surface area contributed by atoms with Gasteiger partial charge in [0.2, 0.25) is 11.8 Å². The minimum atomic E-state index is -0.397. The first kappa shape index (κ1) is 17.4. The Morgan fingerprint density at radius 2 is 2.00 bits per heavy atom. The summed E-state index contributed by atoms with van der Waals surface area (Å²) >= 11 is 3.47. The van der Waals surface area contributed by atoms with E-state index in [-0.39, 0.29) is 11.8 Å². The number of methoxy groups -OCH3 is 1. The number of ether oxygens (including phenoxy) is 1. The molecule has 1 saturated carbocycles. The molecule has 1 aromatic carbocycles. The van der Waals surface area contributed by atoms with E-state index in [1.807, 2.05) is 30.1 Å². The van der Waals surface area contributed by atoms with E-state index in [9.17, 15) is 9.59 Å². The van der Waals surface area contributed by atoms with Crippen molar-refractivity contribution in [1.82, 2.24) is 9.80 Å². The van der Waals surface area contributed by atoms with E-state index in [1.54, 1.807) is 7.11 Å². The number of carbonyl (C=O) groups excluding carboxylic acids is 2. The lowest BCUT2D eigenvalue weighted by atomic mass is 9.85. The molecule has 1 aliphatic heterocycles. The molecule has 0 bridgehead atoms. The predicted octanol–water partition coefficient (Wildman–Crippen LogP) is 3.17. The normalized spacial score (nSPS) is 19.8. The largest absolute Gasteiger partial charge is 0.496 e. The fourth-order valence-corrected chi connectivity index (χ4v) is 4.31. The van der Waals surface area contributed by atoms with Crippen LogP contribution in [0.5, 0.6) is 5.75 Å². The number of rotatable bonds is 5. The van der Waals surface area contributed by atoms with E-state index in [4.69, 9.17) is 4.74 Å². The van der Waals surface area contributed by atoms with Gasteiger partial charge in [-0.2, -0.15) is 0 Å².